The van der Waals surface area contributed by atoms with Crippen molar-refractivity contribution in [2.75, 3.05) is 12.3 Å². The Bertz CT molecular complexity index is 1010. The minimum absolute atomic E-state index is 0.224. The maximum Gasteiger partial charge on any atom is 0.338 e. The van der Waals surface area contributed by atoms with Crippen LogP contribution in [0.5, 0.6) is 0 Å². The summed E-state index contributed by atoms with van der Waals surface area (Å²) in [6, 6.07) is 8.46. The van der Waals surface area contributed by atoms with Gasteiger partial charge in [-0.25, -0.2) is 19.4 Å². The van der Waals surface area contributed by atoms with E-state index in [0.717, 1.165) is 0 Å². The lowest BCUT2D eigenvalue weighted by Crippen LogP contribution is -2.34. The molecule has 0 saturated carbocycles. The second-order valence-electron chi connectivity index (χ2n) is 6.49. The van der Waals surface area contributed by atoms with Gasteiger partial charge in [-0.3, -0.25) is 0 Å². The molecule has 1 aromatic carbocycles. The highest BCUT2D eigenvalue weighted by Gasteiger charge is 2.45. The Morgan fingerprint density at radius 3 is 2.75 bits per heavy atom. The predicted octanol–water partition coefficient (Wildman–Crippen LogP) is 0.193. The number of aryl methyl sites for hydroxylation is 1. The first kappa shape index (κ1) is 18.3. The number of carbonyl (C=O) groups is 1. The van der Waals surface area contributed by atoms with E-state index in [-0.39, 0.29) is 12.4 Å². The number of benzene rings is 1. The number of fused-ring (bicyclic) bond motifs is 1. The van der Waals surface area contributed by atoms with Crippen LogP contribution in [0.2, 0.25) is 0 Å². The molecule has 0 radical (unpaired) electrons. The molecular weight excluding hydrogens is 366 g/mol. The zero-order valence-corrected chi connectivity index (χ0v) is 15.0. The number of aliphatic hydroxyl groups is 2. The van der Waals surface area contributed by atoms with Gasteiger partial charge >= 0.3 is 5.97 Å². The van der Waals surface area contributed by atoms with Crippen LogP contribution in [-0.2, 0) is 9.47 Å². The maximum absolute atomic E-state index is 12.1. The van der Waals surface area contributed by atoms with Gasteiger partial charge < -0.3 is 25.4 Å². The van der Waals surface area contributed by atoms with E-state index in [9.17, 15) is 15.0 Å². The highest BCUT2D eigenvalue weighted by molar-refractivity contribution is 5.89. The molecule has 2 aromatic heterocycles. The van der Waals surface area contributed by atoms with E-state index in [4.69, 9.17) is 15.2 Å². The van der Waals surface area contributed by atoms with E-state index in [2.05, 4.69) is 15.1 Å². The topological polar surface area (TPSA) is 146 Å². The van der Waals surface area contributed by atoms with Crippen LogP contribution >= 0.6 is 0 Å². The average Bonchev–Trinajstić information content (AvgIpc) is 3.22. The fourth-order valence-corrected chi connectivity index (χ4v) is 3.13. The van der Waals surface area contributed by atoms with Crippen molar-refractivity contribution in [3.63, 3.8) is 0 Å². The second kappa shape index (κ2) is 7.15. The Labute approximate surface area is 159 Å². The van der Waals surface area contributed by atoms with Crippen LogP contribution in [-0.4, -0.2) is 60.8 Å². The number of anilines is 1. The van der Waals surface area contributed by atoms with Crippen molar-refractivity contribution in [2.45, 2.75) is 31.5 Å². The Morgan fingerprint density at radius 1 is 1.25 bits per heavy atom. The number of nitrogen functional groups attached to an aromatic ring is 1. The normalized spacial score (nSPS) is 24.5. The molecule has 4 N–H and O–H groups in total. The third-order valence-corrected chi connectivity index (χ3v) is 4.56. The van der Waals surface area contributed by atoms with Gasteiger partial charge in [-0.05, 0) is 19.1 Å². The van der Waals surface area contributed by atoms with Crippen molar-refractivity contribution >= 4 is 22.8 Å². The third-order valence-electron chi connectivity index (χ3n) is 4.56. The van der Waals surface area contributed by atoms with Gasteiger partial charge in [0.15, 0.2) is 11.9 Å². The van der Waals surface area contributed by atoms with Crippen LogP contribution in [0.1, 0.15) is 22.4 Å². The van der Waals surface area contributed by atoms with E-state index in [1.165, 1.54) is 10.9 Å². The molecule has 0 amide bonds. The molecule has 4 rings (SSSR count). The van der Waals surface area contributed by atoms with Gasteiger partial charge in [0, 0.05) is 0 Å². The lowest BCUT2D eigenvalue weighted by molar-refractivity contribution is -0.0613. The maximum atomic E-state index is 12.1. The number of ether oxygens (including phenoxy) is 2. The first-order chi connectivity index (χ1) is 13.5. The summed E-state index contributed by atoms with van der Waals surface area (Å²) in [7, 11) is 0. The summed E-state index contributed by atoms with van der Waals surface area (Å²) in [5.74, 6) is 0.151. The van der Waals surface area contributed by atoms with Gasteiger partial charge in [0.2, 0.25) is 0 Å². The Hall–Kier alpha value is -3.08. The molecule has 10 heteroatoms. The van der Waals surface area contributed by atoms with Gasteiger partial charge in [-0.15, -0.1) is 0 Å². The fraction of sp³-hybridized carbons (Fsp3) is 0.333. The van der Waals surface area contributed by atoms with E-state index in [0.29, 0.717) is 22.4 Å². The van der Waals surface area contributed by atoms with Crippen molar-refractivity contribution in [1.29, 1.82) is 0 Å². The summed E-state index contributed by atoms with van der Waals surface area (Å²) < 4.78 is 12.3. The quantitative estimate of drug-likeness (QED) is 0.536. The fourth-order valence-electron chi connectivity index (χ4n) is 3.13. The summed E-state index contributed by atoms with van der Waals surface area (Å²) in [5, 5.41) is 25.4. The van der Waals surface area contributed by atoms with Gasteiger partial charge in [-0.2, -0.15) is 5.10 Å². The van der Waals surface area contributed by atoms with E-state index in [1.54, 1.807) is 37.3 Å². The average molecular weight is 385 g/mol. The Balaban J connectivity index is 1.51. The number of aliphatic hydroxyl groups excluding tert-OH is 2. The Morgan fingerprint density at radius 2 is 2.00 bits per heavy atom. The molecule has 0 spiro atoms. The lowest BCUT2D eigenvalue weighted by atomic mass is 10.1. The molecule has 28 heavy (non-hydrogen) atoms. The number of carbonyl (C=O) groups excluding carboxylic acids is 1. The predicted molar refractivity (Wildman–Crippen MR) is 97.1 cm³/mol. The zero-order chi connectivity index (χ0) is 19.8. The number of hydrogen-bond acceptors (Lipinski definition) is 9. The highest BCUT2D eigenvalue weighted by atomic mass is 16.6. The summed E-state index contributed by atoms with van der Waals surface area (Å²) in [4.78, 5) is 20.4. The third kappa shape index (κ3) is 3.17. The van der Waals surface area contributed by atoms with Gasteiger partial charge in [0.25, 0.3) is 0 Å². The smallest absolute Gasteiger partial charge is 0.338 e. The van der Waals surface area contributed by atoms with Crippen LogP contribution in [0.25, 0.3) is 11.0 Å². The molecule has 0 aliphatic carbocycles. The van der Waals surface area contributed by atoms with E-state index >= 15 is 0 Å². The minimum Gasteiger partial charge on any atom is -0.459 e. The number of nitrogens with zero attached hydrogens (tertiary/aromatic N) is 4. The number of aromatic nitrogens is 4. The summed E-state index contributed by atoms with van der Waals surface area (Å²) in [6.45, 7) is 1.46. The molecule has 146 valence electrons. The molecule has 10 nitrogen and oxygen atoms in total. The highest BCUT2D eigenvalue weighted by Crippen LogP contribution is 2.32. The molecular formula is C18H19N5O5. The molecule has 0 bridgehead atoms. The van der Waals surface area contributed by atoms with Crippen LogP contribution in [0.3, 0.4) is 0 Å². The number of esters is 1. The first-order valence-corrected chi connectivity index (χ1v) is 8.67. The van der Waals surface area contributed by atoms with Gasteiger partial charge in [-0.1, -0.05) is 18.2 Å². The Kier molecular flexibility index (Phi) is 4.67. The van der Waals surface area contributed by atoms with Gasteiger partial charge in [0.05, 0.1) is 17.1 Å². The summed E-state index contributed by atoms with van der Waals surface area (Å²) in [6.07, 6.45) is -3.03. The molecule has 1 aliphatic rings. The molecule has 4 atom stereocenters. The molecule has 1 saturated heterocycles. The molecule has 1 aliphatic heterocycles. The summed E-state index contributed by atoms with van der Waals surface area (Å²) >= 11 is 0. The van der Waals surface area contributed by atoms with Crippen molar-refractivity contribution in [1.82, 2.24) is 19.7 Å². The molecule has 3 aromatic rings. The monoisotopic (exact) mass is 385 g/mol. The van der Waals surface area contributed by atoms with Crippen LogP contribution in [0.4, 0.5) is 5.82 Å². The van der Waals surface area contributed by atoms with Crippen LogP contribution in [0, 0.1) is 6.92 Å². The largest absolute Gasteiger partial charge is 0.459 e. The number of hydrogen-bond donors (Lipinski definition) is 3. The van der Waals surface area contributed by atoms with E-state index < -0.39 is 30.5 Å². The lowest BCUT2D eigenvalue weighted by Gasteiger charge is -2.15. The van der Waals surface area contributed by atoms with Gasteiger partial charge in [0.1, 0.15) is 36.6 Å². The molecule has 3 heterocycles. The minimum atomic E-state index is -1.29. The number of rotatable bonds is 4. The second-order valence-corrected chi connectivity index (χ2v) is 6.49. The van der Waals surface area contributed by atoms with Crippen LogP contribution < -0.4 is 5.73 Å². The zero-order valence-electron chi connectivity index (χ0n) is 15.0. The molecule has 1 fully saturated rings. The van der Waals surface area contributed by atoms with Crippen molar-refractivity contribution in [3.05, 3.63) is 47.9 Å². The van der Waals surface area contributed by atoms with Crippen LogP contribution in [0.15, 0.2) is 36.5 Å². The summed E-state index contributed by atoms with van der Waals surface area (Å²) in [5.41, 5.74) is 6.64. The van der Waals surface area contributed by atoms with Crippen molar-refractivity contribution in [2.24, 2.45) is 0 Å². The molecule has 1 unspecified atom stereocenters. The van der Waals surface area contributed by atoms with E-state index in [1.807, 2.05) is 0 Å². The van der Waals surface area contributed by atoms with Crippen molar-refractivity contribution < 1.29 is 24.5 Å². The van der Waals surface area contributed by atoms with Crippen molar-refractivity contribution in [3.8, 4) is 0 Å². The number of nitrogens with two attached hydrogens (primary N) is 1. The standard InChI is InChI=1S/C18H19N5O5/c1-9-21-15(19)11-7-20-23(16(11)22-9)17-14(25)13(24)12(28-17)8-27-18(26)10-5-3-2-4-6-10/h2-7,12-14,17,24-25H,8H2,1H3,(H2,19,21,22)/t12?,13-,14-,17-/m1/s1. The first-order valence-electron chi connectivity index (χ1n) is 8.67. The SMILES string of the molecule is Cc1nc(N)c2cnn([C@@H]3OC(COC(=O)c4ccccc4)[C@@H](O)[C@H]3O)c2n1.